The summed E-state index contributed by atoms with van der Waals surface area (Å²) in [7, 11) is 0. The van der Waals surface area contributed by atoms with Crippen molar-refractivity contribution in [3.05, 3.63) is 77.7 Å². The normalized spacial score (nSPS) is 10.9. The molecule has 0 saturated heterocycles. The molecular formula is C22H17ClN4OS. The standard InChI is InChI=1S/C22H17ClN4OS/c23-16-5-3-6-17(13-16)27-12-10-25-22(27)29-15-21(28)19-14-26(11-4-9-24)20-8-2-1-7-18(19)20/h1-3,5-8,10,12-14H,4,11,15H2. The second kappa shape index (κ2) is 8.56. The first-order valence-electron chi connectivity index (χ1n) is 9.07. The van der Waals surface area contributed by atoms with Gasteiger partial charge in [-0.15, -0.1) is 0 Å². The first kappa shape index (κ1) is 19.3. The molecule has 0 spiro atoms. The number of Topliss-reactive ketones (excluding diaryl/α,β-unsaturated/α-hetero) is 1. The topological polar surface area (TPSA) is 63.6 Å². The van der Waals surface area contributed by atoms with Crippen LogP contribution in [0.3, 0.4) is 0 Å². The van der Waals surface area contributed by atoms with Gasteiger partial charge in [-0.3, -0.25) is 9.36 Å². The van der Waals surface area contributed by atoms with Crippen LogP contribution in [-0.4, -0.2) is 25.7 Å². The number of aromatic nitrogens is 3. The lowest BCUT2D eigenvalue weighted by molar-refractivity contribution is 0.102. The molecule has 29 heavy (non-hydrogen) atoms. The summed E-state index contributed by atoms with van der Waals surface area (Å²) in [5.41, 5.74) is 2.54. The fourth-order valence-electron chi connectivity index (χ4n) is 3.25. The molecule has 0 amide bonds. The molecule has 2 aromatic heterocycles. The van der Waals surface area contributed by atoms with Crippen LogP contribution in [-0.2, 0) is 6.54 Å². The Labute approximate surface area is 177 Å². The summed E-state index contributed by atoms with van der Waals surface area (Å²) in [6.07, 6.45) is 5.82. The average Bonchev–Trinajstić information content (AvgIpc) is 3.35. The Morgan fingerprint density at radius 3 is 2.90 bits per heavy atom. The molecule has 2 aromatic carbocycles. The molecule has 0 saturated carbocycles. The number of hydrogen-bond donors (Lipinski definition) is 0. The number of imidazole rings is 1. The van der Waals surface area contributed by atoms with Gasteiger partial charge in [0, 0.05) is 52.3 Å². The van der Waals surface area contributed by atoms with E-state index in [4.69, 9.17) is 16.9 Å². The third-order valence-corrected chi connectivity index (χ3v) is 5.78. The van der Waals surface area contributed by atoms with E-state index in [0.29, 0.717) is 23.6 Å². The van der Waals surface area contributed by atoms with Gasteiger partial charge in [-0.05, 0) is 24.3 Å². The van der Waals surface area contributed by atoms with Crippen LogP contribution in [0.15, 0.2) is 72.3 Å². The second-order valence-corrected chi connectivity index (χ2v) is 7.81. The first-order chi connectivity index (χ1) is 14.2. The van der Waals surface area contributed by atoms with Crippen LogP contribution in [0.4, 0.5) is 0 Å². The molecule has 0 unspecified atom stereocenters. The molecule has 0 fully saturated rings. The maximum absolute atomic E-state index is 13.0. The van der Waals surface area contributed by atoms with E-state index in [1.54, 1.807) is 6.20 Å². The van der Waals surface area contributed by atoms with E-state index in [0.717, 1.165) is 21.7 Å². The molecule has 0 aliphatic carbocycles. The van der Waals surface area contributed by atoms with Crippen molar-refractivity contribution >= 4 is 40.0 Å². The lowest BCUT2D eigenvalue weighted by atomic mass is 10.1. The van der Waals surface area contributed by atoms with Gasteiger partial charge in [-0.1, -0.05) is 47.6 Å². The van der Waals surface area contributed by atoms with Gasteiger partial charge in [0.15, 0.2) is 10.9 Å². The number of aryl methyl sites for hydroxylation is 1. The number of ketones is 1. The maximum atomic E-state index is 13.0. The van der Waals surface area contributed by atoms with Gasteiger partial charge in [-0.2, -0.15) is 5.26 Å². The number of halogens is 1. The largest absolute Gasteiger partial charge is 0.346 e. The highest BCUT2D eigenvalue weighted by atomic mass is 35.5. The predicted octanol–water partition coefficient (Wildman–Crippen LogP) is 5.37. The lowest BCUT2D eigenvalue weighted by Crippen LogP contribution is -2.04. The minimum absolute atomic E-state index is 0.0301. The van der Waals surface area contributed by atoms with Gasteiger partial charge in [0.05, 0.1) is 18.2 Å². The Morgan fingerprint density at radius 1 is 1.21 bits per heavy atom. The number of benzene rings is 2. The molecule has 5 nitrogen and oxygen atoms in total. The molecule has 0 N–H and O–H groups in total. The molecule has 4 aromatic rings. The molecule has 0 atom stereocenters. The Hall–Kier alpha value is -3.01. The number of carbonyl (C=O) groups is 1. The Balaban J connectivity index is 1.56. The van der Waals surface area contributed by atoms with Gasteiger partial charge in [-0.25, -0.2) is 4.98 Å². The van der Waals surface area contributed by atoms with Crippen molar-refractivity contribution in [2.45, 2.75) is 18.1 Å². The predicted molar refractivity (Wildman–Crippen MR) is 116 cm³/mol. The summed E-state index contributed by atoms with van der Waals surface area (Å²) < 4.78 is 3.89. The zero-order chi connectivity index (χ0) is 20.2. The Bertz CT molecular complexity index is 1220. The van der Waals surface area contributed by atoms with E-state index < -0.39 is 0 Å². The summed E-state index contributed by atoms with van der Waals surface area (Å²) in [6.45, 7) is 0.566. The molecule has 0 aliphatic rings. The zero-order valence-electron chi connectivity index (χ0n) is 15.5. The summed E-state index contributed by atoms with van der Waals surface area (Å²) in [5.74, 6) is 0.298. The van der Waals surface area contributed by atoms with Crippen LogP contribution in [0.1, 0.15) is 16.8 Å². The summed E-state index contributed by atoms with van der Waals surface area (Å²) >= 11 is 7.49. The van der Waals surface area contributed by atoms with E-state index in [9.17, 15) is 4.79 Å². The quantitative estimate of drug-likeness (QED) is 0.298. The maximum Gasteiger partial charge on any atom is 0.175 e. The zero-order valence-corrected chi connectivity index (χ0v) is 17.0. The number of nitrogens with zero attached hydrogens (tertiary/aromatic N) is 4. The summed E-state index contributed by atoms with van der Waals surface area (Å²) in [4.78, 5) is 17.4. The Morgan fingerprint density at radius 2 is 2.07 bits per heavy atom. The minimum atomic E-state index is 0.0301. The number of carbonyl (C=O) groups excluding carboxylic acids is 1. The van der Waals surface area contributed by atoms with E-state index in [1.807, 2.05) is 70.1 Å². The number of para-hydroxylation sites is 1. The number of hydrogen-bond acceptors (Lipinski definition) is 4. The van der Waals surface area contributed by atoms with E-state index in [2.05, 4.69) is 11.1 Å². The van der Waals surface area contributed by atoms with Crippen molar-refractivity contribution in [1.82, 2.24) is 14.1 Å². The van der Waals surface area contributed by atoms with Crippen molar-refractivity contribution in [2.75, 3.05) is 5.75 Å². The van der Waals surface area contributed by atoms with Crippen molar-refractivity contribution in [3.63, 3.8) is 0 Å². The fourth-order valence-corrected chi connectivity index (χ4v) is 4.29. The van der Waals surface area contributed by atoms with Crippen molar-refractivity contribution < 1.29 is 4.79 Å². The summed E-state index contributed by atoms with van der Waals surface area (Å²) in [6, 6.07) is 17.5. The van der Waals surface area contributed by atoms with Gasteiger partial charge in [0.1, 0.15) is 0 Å². The highest BCUT2D eigenvalue weighted by molar-refractivity contribution is 7.99. The van der Waals surface area contributed by atoms with E-state index >= 15 is 0 Å². The van der Waals surface area contributed by atoms with E-state index in [1.165, 1.54) is 11.8 Å². The molecule has 2 heterocycles. The molecule has 7 heteroatoms. The van der Waals surface area contributed by atoms with Crippen LogP contribution >= 0.6 is 23.4 Å². The van der Waals surface area contributed by atoms with Gasteiger partial charge in [0.2, 0.25) is 0 Å². The second-order valence-electron chi connectivity index (χ2n) is 6.43. The van der Waals surface area contributed by atoms with E-state index in [-0.39, 0.29) is 11.5 Å². The lowest BCUT2D eigenvalue weighted by Gasteiger charge is -2.07. The van der Waals surface area contributed by atoms with Crippen LogP contribution in [0.25, 0.3) is 16.6 Å². The highest BCUT2D eigenvalue weighted by Gasteiger charge is 2.16. The number of thioether (sulfide) groups is 1. The summed E-state index contributed by atoms with van der Waals surface area (Å²) in [5, 5.41) is 11.2. The highest BCUT2D eigenvalue weighted by Crippen LogP contribution is 2.26. The molecular weight excluding hydrogens is 404 g/mol. The number of nitriles is 1. The van der Waals surface area contributed by atoms with Crippen LogP contribution in [0.2, 0.25) is 5.02 Å². The number of rotatable bonds is 7. The van der Waals surface area contributed by atoms with Gasteiger partial charge < -0.3 is 4.57 Å². The molecule has 0 radical (unpaired) electrons. The van der Waals surface area contributed by atoms with Crippen molar-refractivity contribution in [3.8, 4) is 11.8 Å². The molecule has 144 valence electrons. The smallest absolute Gasteiger partial charge is 0.175 e. The monoisotopic (exact) mass is 420 g/mol. The van der Waals surface area contributed by atoms with Crippen molar-refractivity contribution in [2.24, 2.45) is 0 Å². The molecule has 4 rings (SSSR count). The van der Waals surface area contributed by atoms with Gasteiger partial charge in [0.25, 0.3) is 0 Å². The van der Waals surface area contributed by atoms with Crippen molar-refractivity contribution in [1.29, 1.82) is 5.26 Å². The SMILES string of the molecule is N#CCCn1cc(C(=O)CSc2nccn2-c2cccc(Cl)c2)c2ccccc21. The number of fused-ring (bicyclic) bond motifs is 1. The fraction of sp³-hybridized carbons (Fsp3) is 0.136. The van der Waals surface area contributed by atoms with Crippen LogP contribution < -0.4 is 0 Å². The molecule has 0 aliphatic heterocycles. The third-order valence-electron chi connectivity index (χ3n) is 4.58. The van der Waals surface area contributed by atoms with Gasteiger partial charge >= 0.3 is 0 Å². The minimum Gasteiger partial charge on any atom is -0.346 e. The first-order valence-corrected chi connectivity index (χ1v) is 10.4. The average molecular weight is 421 g/mol. The molecule has 0 bridgehead atoms. The Kier molecular flexibility index (Phi) is 5.70. The third kappa shape index (κ3) is 4.07. The van der Waals surface area contributed by atoms with Crippen LogP contribution in [0, 0.1) is 11.3 Å². The van der Waals surface area contributed by atoms with Crippen LogP contribution in [0.5, 0.6) is 0 Å².